The molecule has 5 nitrogen and oxygen atoms in total. The fraction of sp³-hybridized carbons (Fsp3) is 0.308. The van der Waals surface area contributed by atoms with Gasteiger partial charge in [-0.15, -0.1) is 0 Å². The van der Waals surface area contributed by atoms with Crippen LogP contribution in [0.15, 0.2) is 12.1 Å². The summed E-state index contributed by atoms with van der Waals surface area (Å²) in [6.45, 7) is 1.98. The molecule has 1 rings (SSSR count). The number of hydrogen-bond donors (Lipinski definition) is 0. The lowest BCUT2D eigenvalue weighted by molar-refractivity contribution is -0.142. The highest BCUT2D eigenvalue weighted by atomic mass is 16.5. The van der Waals surface area contributed by atoms with Gasteiger partial charge in [-0.25, -0.2) is 0 Å². The summed E-state index contributed by atoms with van der Waals surface area (Å²) >= 11 is 0. The molecule has 0 aliphatic heterocycles. The standard InChI is InChI=1S/C13H13NO4/c1-3-18-13(16)6-9-4-11(8-15)12(17-2)5-10(9)7-14/h4-5,8H,3,6H2,1-2H3. The van der Waals surface area contributed by atoms with Gasteiger partial charge in [-0.1, -0.05) is 0 Å². The van der Waals surface area contributed by atoms with Crippen LogP contribution >= 0.6 is 0 Å². The predicted molar refractivity (Wildman–Crippen MR) is 63.4 cm³/mol. The summed E-state index contributed by atoms with van der Waals surface area (Å²) in [4.78, 5) is 22.3. The molecule has 0 atom stereocenters. The second-order valence-corrected chi connectivity index (χ2v) is 3.46. The molecule has 0 spiro atoms. The lowest BCUT2D eigenvalue weighted by Crippen LogP contribution is -2.09. The lowest BCUT2D eigenvalue weighted by atomic mass is 10.0. The Labute approximate surface area is 105 Å². The number of rotatable bonds is 5. The highest BCUT2D eigenvalue weighted by molar-refractivity contribution is 5.82. The smallest absolute Gasteiger partial charge is 0.310 e. The molecule has 0 N–H and O–H groups in total. The van der Waals surface area contributed by atoms with E-state index < -0.39 is 5.97 Å². The van der Waals surface area contributed by atoms with Crippen LogP contribution in [0.25, 0.3) is 0 Å². The summed E-state index contributed by atoms with van der Waals surface area (Å²) in [5.74, 6) is -0.120. The van der Waals surface area contributed by atoms with Crippen molar-refractivity contribution in [2.45, 2.75) is 13.3 Å². The SMILES string of the molecule is CCOC(=O)Cc1cc(C=O)c(OC)cc1C#N. The minimum Gasteiger partial charge on any atom is -0.496 e. The van der Waals surface area contributed by atoms with Gasteiger partial charge in [-0.2, -0.15) is 5.26 Å². The van der Waals surface area contributed by atoms with Crippen LogP contribution in [0.4, 0.5) is 0 Å². The molecule has 18 heavy (non-hydrogen) atoms. The van der Waals surface area contributed by atoms with Gasteiger partial charge in [0.2, 0.25) is 0 Å². The number of methoxy groups -OCH3 is 1. The largest absolute Gasteiger partial charge is 0.496 e. The number of esters is 1. The minimum atomic E-state index is -0.434. The molecule has 0 fully saturated rings. The monoisotopic (exact) mass is 247 g/mol. The van der Waals surface area contributed by atoms with Crippen LogP contribution in [0.5, 0.6) is 5.75 Å². The molecule has 0 aliphatic rings. The molecular formula is C13H13NO4. The van der Waals surface area contributed by atoms with E-state index in [4.69, 9.17) is 14.7 Å². The van der Waals surface area contributed by atoms with Gasteiger partial charge in [0.1, 0.15) is 5.75 Å². The Morgan fingerprint density at radius 1 is 1.50 bits per heavy atom. The van der Waals surface area contributed by atoms with Crippen LogP contribution in [-0.4, -0.2) is 26.0 Å². The van der Waals surface area contributed by atoms with Crippen LogP contribution in [0.3, 0.4) is 0 Å². The zero-order valence-corrected chi connectivity index (χ0v) is 10.2. The third kappa shape index (κ3) is 3.08. The Balaban J connectivity index is 3.14. The van der Waals surface area contributed by atoms with Crippen molar-refractivity contribution in [1.82, 2.24) is 0 Å². The Hall–Kier alpha value is -2.35. The molecule has 0 saturated heterocycles. The summed E-state index contributed by atoms with van der Waals surface area (Å²) in [5, 5.41) is 9.00. The third-order valence-corrected chi connectivity index (χ3v) is 2.34. The predicted octanol–water partition coefficient (Wildman–Crippen LogP) is 1.48. The van der Waals surface area contributed by atoms with Gasteiger partial charge in [0.25, 0.3) is 0 Å². The molecule has 0 saturated carbocycles. The quantitative estimate of drug-likeness (QED) is 0.582. The van der Waals surface area contributed by atoms with E-state index in [-0.39, 0.29) is 13.0 Å². The summed E-state index contributed by atoms with van der Waals surface area (Å²) in [6.07, 6.45) is 0.580. The van der Waals surface area contributed by atoms with Gasteiger partial charge in [0.05, 0.1) is 37.3 Å². The Morgan fingerprint density at radius 3 is 2.72 bits per heavy atom. The van der Waals surface area contributed by atoms with Gasteiger partial charge >= 0.3 is 5.97 Å². The van der Waals surface area contributed by atoms with Crippen LogP contribution < -0.4 is 4.74 Å². The first kappa shape index (κ1) is 13.7. The highest BCUT2D eigenvalue weighted by Crippen LogP contribution is 2.22. The van der Waals surface area contributed by atoms with Gasteiger partial charge in [0, 0.05) is 0 Å². The fourth-order valence-electron chi connectivity index (χ4n) is 1.53. The Bertz CT molecular complexity index is 502. The normalized spacial score (nSPS) is 9.39. The molecule has 1 aromatic rings. The van der Waals surface area contributed by atoms with E-state index in [2.05, 4.69) is 0 Å². The molecule has 0 heterocycles. The van der Waals surface area contributed by atoms with E-state index in [9.17, 15) is 9.59 Å². The average Bonchev–Trinajstić information content (AvgIpc) is 2.38. The van der Waals surface area contributed by atoms with Crippen LogP contribution in [0.1, 0.15) is 28.4 Å². The zero-order valence-electron chi connectivity index (χ0n) is 10.2. The maximum absolute atomic E-state index is 11.4. The number of carbonyl (C=O) groups excluding carboxylic acids is 2. The summed E-state index contributed by atoms with van der Waals surface area (Å²) in [6, 6.07) is 4.88. The number of ether oxygens (including phenoxy) is 2. The minimum absolute atomic E-state index is 0.0401. The van der Waals surface area contributed by atoms with Crippen molar-refractivity contribution in [2.24, 2.45) is 0 Å². The fourth-order valence-corrected chi connectivity index (χ4v) is 1.53. The van der Waals surface area contributed by atoms with Crippen LogP contribution in [0.2, 0.25) is 0 Å². The van der Waals surface area contributed by atoms with Crippen molar-refractivity contribution in [2.75, 3.05) is 13.7 Å². The van der Waals surface area contributed by atoms with Crippen molar-refractivity contribution in [1.29, 1.82) is 5.26 Å². The van der Waals surface area contributed by atoms with Crippen molar-refractivity contribution in [3.05, 3.63) is 28.8 Å². The first-order valence-corrected chi connectivity index (χ1v) is 5.38. The van der Waals surface area contributed by atoms with E-state index in [0.29, 0.717) is 28.7 Å². The van der Waals surface area contributed by atoms with E-state index in [1.165, 1.54) is 19.2 Å². The second kappa shape index (κ2) is 6.40. The van der Waals surface area contributed by atoms with Crippen molar-refractivity contribution in [3.8, 4) is 11.8 Å². The molecule has 0 radical (unpaired) electrons. The maximum Gasteiger partial charge on any atom is 0.310 e. The molecular weight excluding hydrogens is 234 g/mol. The van der Waals surface area contributed by atoms with E-state index in [1.807, 2.05) is 6.07 Å². The molecule has 0 unspecified atom stereocenters. The van der Waals surface area contributed by atoms with Gasteiger partial charge < -0.3 is 9.47 Å². The van der Waals surface area contributed by atoms with Gasteiger partial charge in [0.15, 0.2) is 6.29 Å². The Morgan fingerprint density at radius 2 is 2.22 bits per heavy atom. The summed E-state index contributed by atoms with van der Waals surface area (Å²) < 4.78 is 9.80. The number of benzene rings is 1. The average molecular weight is 247 g/mol. The molecule has 0 bridgehead atoms. The molecule has 1 aromatic carbocycles. The van der Waals surface area contributed by atoms with Crippen molar-refractivity contribution >= 4 is 12.3 Å². The number of nitriles is 1. The van der Waals surface area contributed by atoms with E-state index in [0.717, 1.165) is 0 Å². The van der Waals surface area contributed by atoms with E-state index in [1.54, 1.807) is 6.92 Å². The van der Waals surface area contributed by atoms with Crippen molar-refractivity contribution in [3.63, 3.8) is 0 Å². The third-order valence-electron chi connectivity index (χ3n) is 2.34. The molecule has 94 valence electrons. The number of carbonyl (C=O) groups is 2. The van der Waals surface area contributed by atoms with Crippen LogP contribution in [0, 0.1) is 11.3 Å². The number of hydrogen-bond acceptors (Lipinski definition) is 5. The molecule has 0 aromatic heterocycles. The Kier molecular flexibility index (Phi) is 4.88. The first-order chi connectivity index (χ1) is 8.65. The van der Waals surface area contributed by atoms with Gasteiger partial charge in [-0.05, 0) is 24.6 Å². The summed E-state index contributed by atoms with van der Waals surface area (Å²) in [5.41, 5.74) is 1.06. The highest BCUT2D eigenvalue weighted by Gasteiger charge is 2.13. The van der Waals surface area contributed by atoms with Crippen LogP contribution in [-0.2, 0) is 16.0 Å². The summed E-state index contributed by atoms with van der Waals surface area (Å²) in [7, 11) is 1.41. The second-order valence-electron chi connectivity index (χ2n) is 3.46. The van der Waals surface area contributed by atoms with Crippen molar-refractivity contribution < 1.29 is 19.1 Å². The number of aldehydes is 1. The van der Waals surface area contributed by atoms with E-state index >= 15 is 0 Å². The molecule has 0 aliphatic carbocycles. The number of nitrogens with zero attached hydrogens (tertiary/aromatic N) is 1. The first-order valence-electron chi connectivity index (χ1n) is 5.38. The zero-order chi connectivity index (χ0) is 13.5. The maximum atomic E-state index is 11.4. The van der Waals surface area contributed by atoms with Gasteiger partial charge in [-0.3, -0.25) is 9.59 Å². The topological polar surface area (TPSA) is 76.4 Å². The lowest BCUT2D eigenvalue weighted by Gasteiger charge is -2.08. The molecule has 0 amide bonds. The molecule has 5 heteroatoms.